The van der Waals surface area contributed by atoms with Gasteiger partial charge < -0.3 is 19.6 Å². The number of hydrogen-bond donors (Lipinski definition) is 3. The lowest BCUT2D eigenvalue weighted by Gasteiger charge is -2.15. The summed E-state index contributed by atoms with van der Waals surface area (Å²) in [6.07, 6.45) is 0. The van der Waals surface area contributed by atoms with Crippen LogP contribution in [0.5, 0.6) is 17.2 Å². The Bertz CT molecular complexity index is 659. The van der Waals surface area contributed by atoms with E-state index in [9.17, 15) is 19.7 Å². The molecule has 0 aliphatic carbocycles. The zero-order valence-corrected chi connectivity index (χ0v) is 13.2. The molecule has 0 aliphatic heterocycles. The molecule has 2 aromatic rings. The molecular formula is C14H15O5PS. The van der Waals surface area contributed by atoms with Gasteiger partial charge in [-0.2, -0.15) is 0 Å². The van der Waals surface area contributed by atoms with Gasteiger partial charge in [-0.25, -0.2) is 4.57 Å². The normalized spacial score (nSPS) is 13.7. The highest BCUT2D eigenvalue weighted by atomic mass is 32.7. The molecule has 0 heterocycles. The Balaban J connectivity index is 2.25. The van der Waals surface area contributed by atoms with E-state index in [1.54, 1.807) is 38.1 Å². The highest BCUT2D eigenvalue weighted by Gasteiger charge is 2.27. The number of benzene rings is 2. The molecule has 2 aromatic carbocycles. The van der Waals surface area contributed by atoms with Crippen molar-refractivity contribution in [3.8, 4) is 17.2 Å². The van der Waals surface area contributed by atoms with E-state index in [1.165, 1.54) is 12.1 Å². The van der Waals surface area contributed by atoms with E-state index < -0.39 is 6.80 Å². The van der Waals surface area contributed by atoms with Crippen LogP contribution in [0.25, 0.3) is 0 Å². The Hall–Kier alpha value is -1.62. The van der Waals surface area contributed by atoms with Gasteiger partial charge in [0.15, 0.2) is 11.5 Å². The summed E-state index contributed by atoms with van der Waals surface area (Å²) in [5.41, 5.74) is 1.13. The van der Waals surface area contributed by atoms with Gasteiger partial charge in [-0.1, -0.05) is 24.3 Å². The molecule has 21 heavy (non-hydrogen) atoms. The second kappa shape index (κ2) is 6.02. The minimum atomic E-state index is -4.13. The largest absolute Gasteiger partial charge is 0.506 e. The summed E-state index contributed by atoms with van der Waals surface area (Å²) in [6, 6.07) is 9.55. The maximum atomic E-state index is 12.2. The third-order valence-electron chi connectivity index (χ3n) is 2.83. The van der Waals surface area contributed by atoms with Crippen molar-refractivity contribution >= 4 is 18.2 Å². The fourth-order valence-corrected chi connectivity index (χ4v) is 4.29. The van der Waals surface area contributed by atoms with E-state index in [0.29, 0.717) is 22.5 Å². The van der Waals surface area contributed by atoms with Crippen LogP contribution in [0.2, 0.25) is 0 Å². The molecule has 0 saturated heterocycles. The number of aromatic hydroxyl groups is 2. The highest BCUT2D eigenvalue weighted by Crippen LogP contribution is 2.61. The first-order chi connectivity index (χ1) is 9.80. The summed E-state index contributed by atoms with van der Waals surface area (Å²) in [5, 5.41) is 19.7. The maximum Gasteiger partial charge on any atom is 0.442 e. The average Bonchev–Trinajstić information content (AvgIpc) is 2.40. The molecule has 1 atom stereocenters. The number of phenols is 2. The number of phenolic OH excluding ortho intramolecular Hbond substituents is 2. The molecule has 3 N–H and O–H groups in total. The van der Waals surface area contributed by atoms with Crippen LogP contribution >= 0.6 is 18.2 Å². The minimum absolute atomic E-state index is 0.0613. The van der Waals surface area contributed by atoms with E-state index in [4.69, 9.17) is 4.52 Å². The van der Waals surface area contributed by atoms with Gasteiger partial charge in [0.1, 0.15) is 5.75 Å². The summed E-state index contributed by atoms with van der Waals surface area (Å²) in [6.45, 7) is -0.787. The maximum absolute atomic E-state index is 12.2. The predicted octanol–water partition coefficient (Wildman–Crippen LogP) is 3.99. The van der Waals surface area contributed by atoms with Gasteiger partial charge in [-0.05, 0) is 37.1 Å². The van der Waals surface area contributed by atoms with Crippen LogP contribution in [0.1, 0.15) is 11.1 Å². The van der Waals surface area contributed by atoms with Crippen LogP contribution in [0.15, 0.2) is 41.3 Å². The summed E-state index contributed by atoms with van der Waals surface area (Å²) in [7, 11) is 0. The Morgan fingerprint density at radius 1 is 1.00 bits per heavy atom. The zero-order valence-electron chi connectivity index (χ0n) is 11.5. The third-order valence-corrected chi connectivity index (χ3v) is 5.52. The van der Waals surface area contributed by atoms with E-state index in [1.807, 2.05) is 0 Å². The summed E-state index contributed by atoms with van der Waals surface area (Å²) in [4.78, 5) is 10.2. The number of hydrogen-bond acceptors (Lipinski definition) is 5. The van der Waals surface area contributed by atoms with Gasteiger partial charge >= 0.3 is 6.80 Å². The topological polar surface area (TPSA) is 87.0 Å². The minimum Gasteiger partial charge on any atom is -0.506 e. The molecular weight excluding hydrogens is 311 g/mol. The molecule has 0 saturated carbocycles. The monoisotopic (exact) mass is 326 g/mol. The number of para-hydroxylation sites is 2. The van der Waals surface area contributed by atoms with Crippen LogP contribution in [0.4, 0.5) is 0 Å². The van der Waals surface area contributed by atoms with Crippen LogP contribution in [-0.4, -0.2) is 15.1 Å². The van der Waals surface area contributed by atoms with Crippen molar-refractivity contribution in [1.82, 2.24) is 0 Å². The number of aryl methyl sites for hydroxylation is 2. The molecule has 0 spiro atoms. The highest BCUT2D eigenvalue weighted by molar-refractivity contribution is 8.55. The lowest BCUT2D eigenvalue weighted by Crippen LogP contribution is -1.90. The molecule has 0 fully saturated rings. The average molecular weight is 326 g/mol. The van der Waals surface area contributed by atoms with Crippen molar-refractivity contribution in [2.24, 2.45) is 0 Å². The fourth-order valence-electron chi connectivity index (χ4n) is 1.68. The molecule has 1 unspecified atom stereocenters. The van der Waals surface area contributed by atoms with Crippen LogP contribution in [0.3, 0.4) is 0 Å². The quantitative estimate of drug-likeness (QED) is 0.737. The summed E-state index contributed by atoms with van der Waals surface area (Å²) in [5.74, 6) is -0.310. The summed E-state index contributed by atoms with van der Waals surface area (Å²) >= 11 is 0.524. The molecule has 112 valence electrons. The first-order valence-corrected chi connectivity index (χ1v) is 9.09. The third kappa shape index (κ3) is 3.73. The van der Waals surface area contributed by atoms with Gasteiger partial charge in [0.05, 0.1) is 4.90 Å². The van der Waals surface area contributed by atoms with Crippen molar-refractivity contribution in [1.29, 1.82) is 0 Å². The van der Waals surface area contributed by atoms with Crippen molar-refractivity contribution in [2.75, 3.05) is 0 Å². The SMILES string of the molecule is Cc1cccc(OP(=O)(O)Sc2cccc(C)c2O)c1O. The van der Waals surface area contributed by atoms with Crippen molar-refractivity contribution in [3.63, 3.8) is 0 Å². The molecule has 0 bridgehead atoms. The molecule has 0 aromatic heterocycles. The molecule has 5 nitrogen and oxygen atoms in total. The van der Waals surface area contributed by atoms with Crippen molar-refractivity contribution in [2.45, 2.75) is 18.7 Å². The fraction of sp³-hybridized carbons (Fsp3) is 0.143. The van der Waals surface area contributed by atoms with Crippen LogP contribution in [-0.2, 0) is 4.57 Å². The Kier molecular flexibility index (Phi) is 4.52. The van der Waals surface area contributed by atoms with E-state index in [-0.39, 0.29) is 22.1 Å². The second-order valence-corrected chi connectivity index (χ2v) is 8.17. The molecule has 7 heteroatoms. The molecule has 0 radical (unpaired) electrons. The molecule has 0 aliphatic rings. The standard InChI is InChI=1S/C14H15O5PS/c1-9-5-3-7-11(13(9)15)19-20(17,18)21-12-8-4-6-10(2)14(12)16/h3-8,15-16H,1-2H3,(H,17,18). The van der Waals surface area contributed by atoms with E-state index in [2.05, 4.69) is 0 Å². The smallest absolute Gasteiger partial charge is 0.442 e. The van der Waals surface area contributed by atoms with Crippen LogP contribution in [0, 0.1) is 13.8 Å². The molecule has 0 amide bonds. The number of rotatable bonds is 4. The first kappa shape index (κ1) is 15.8. The van der Waals surface area contributed by atoms with Crippen molar-refractivity contribution < 1.29 is 24.2 Å². The van der Waals surface area contributed by atoms with Gasteiger partial charge in [0.25, 0.3) is 0 Å². The van der Waals surface area contributed by atoms with Gasteiger partial charge in [-0.15, -0.1) is 0 Å². The second-order valence-electron chi connectivity index (χ2n) is 4.49. The Morgan fingerprint density at radius 2 is 1.57 bits per heavy atom. The Labute approximate surface area is 126 Å². The Morgan fingerprint density at radius 3 is 2.24 bits per heavy atom. The predicted molar refractivity (Wildman–Crippen MR) is 82.0 cm³/mol. The van der Waals surface area contributed by atoms with Crippen LogP contribution < -0.4 is 4.52 Å². The molecule has 2 rings (SSSR count). The zero-order chi connectivity index (χ0) is 15.6. The van der Waals surface area contributed by atoms with Gasteiger partial charge in [0, 0.05) is 11.4 Å². The van der Waals surface area contributed by atoms with E-state index in [0.717, 1.165) is 0 Å². The lowest BCUT2D eigenvalue weighted by atomic mass is 10.2. The lowest BCUT2D eigenvalue weighted by molar-refractivity contribution is 0.382. The first-order valence-electron chi connectivity index (χ1n) is 6.09. The van der Waals surface area contributed by atoms with Gasteiger partial charge in [-0.3, -0.25) is 0 Å². The van der Waals surface area contributed by atoms with Crippen molar-refractivity contribution in [3.05, 3.63) is 47.5 Å². The van der Waals surface area contributed by atoms with Gasteiger partial charge in [0.2, 0.25) is 0 Å². The summed E-state index contributed by atoms with van der Waals surface area (Å²) < 4.78 is 17.2. The van der Waals surface area contributed by atoms with E-state index >= 15 is 0 Å².